The zero-order valence-corrected chi connectivity index (χ0v) is 11.2. The van der Waals surface area contributed by atoms with Gasteiger partial charge in [-0.3, -0.25) is 0 Å². The number of aromatic nitrogens is 3. The Kier molecular flexibility index (Phi) is 2.87. The summed E-state index contributed by atoms with van der Waals surface area (Å²) >= 11 is 0. The third-order valence-electron chi connectivity index (χ3n) is 3.56. The fraction of sp³-hybridized carbons (Fsp3) is 0.267. The van der Waals surface area contributed by atoms with Crippen LogP contribution in [0.4, 0.5) is 0 Å². The van der Waals surface area contributed by atoms with Gasteiger partial charge in [0.05, 0.1) is 12.0 Å². The number of pyridine rings is 1. The molecule has 3 heterocycles. The number of nitrogens with two attached hydrogens (primary N) is 1. The van der Waals surface area contributed by atoms with Crippen LogP contribution in [-0.4, -0.2) is 20.5 Å². The second kappa shape index (κ2) is 4.55. The van der Waals surface area contributed by atoms with Crippen LogP contribution in [0.25, 0.3) is 16.9 Å². The van der Waals surface area contributed by atoms with Gasteiger partial charge in [-0.25, -0.2) is 4.98 Å². The van der Waals surface area contributed by atoms with Gasteiger partial charge in [0.15, 0.2) is 0 Å². The maximum Gasteiger partial charge on any atom is 0.105 e. The first-order chi connectivity index (χ1) is 9.20. The third kappa shape index (κ3) is 1.94. The van der Waals surface area contributed by atoms with E-state index in [1.807, 2.05) is 18.5 Å². The molecule has 2 N–H and O–H groups in total. The quantitative estimate of drug-likeness (QED) is 0.781. The smallest absolute Gasteiger partial charge is 0.105 e. The Balaban J connectivity index is 2.14. The molecule has 0 fully saturated rings. The Morgan fingerprint density at radius 1 is 1.37 bits per heavy atom. The van der Waals surface area contributed by atoms with E-state index in [4.69, 9.17) is 5.73 Å². The first-order valence-corrected chi connectivity index (χ1v) is 6.51. The Hall–Kier alpha value is -2.07. The van der Waals surface area contributed by atoms with Crippen LogP contribution in [0.2, 0.25) is 0 Å². The van der Waals surface area contributed by atoms with Crippen molar-refractivity contribution in [1.82, 2.24) is 14.0 Å². The molecule has 0 saturated carbocycles. The molecule has 1 atom stereocenters. The summed E-state index contributed by atoms with van der Waals surface area (Å²) in [4.78, 5) is 4.53. The van der Waals surface area contributed by atoms with E-state index in [2.05, 4.69) is 52.3 Å². The van der Waals surface area contributed by atoms with Crippen LogP contribution in [0, 0.1) is 6.92 Å². The van der Waals surface area contributed by atoms with E-state index in [0.717, 1.165) is 11.4 Å². The van der Waals surface area contributed by atoms with Crippen LogP contribution in [0.3, 0.4) is 0 Å². The number of fused-ring (bicyclic) bond motifs is 1. The fourth-order valence-electron chi connectivity index (χ4n) is 2.40. The van der Waals surface area contributed by atoms with Gasteiger partial charge in [-0.15, -0.1) is 0 Å². The zero-order chi connectivity index (χ0) is 13.4. The highest BCUT2D eigenvalue weighted by Crippen LogP contribution is 2.26. The predicted molar refractivity (Wildman–Crippen MR) is 77.1 cm³/mol. The number of aryl methyl sites for hydroxylation is 1. The maximum absolute atomic E-state index is 5.70. The molecule has 0 aliphatic heterocycles. The molecule has 0 amide bonds. The van der Waals surface area contributed by atoms with E-state index in [0.29, 0.717) is 6.54 Å². The van der Waals surface area contributed by atoms with Crippen LogP contribution in [0.5, 0.6) is 0 Å². The van der Waals surface area contributed by atoms with Gasteiger partial charge in [0.2, 0.25) is 0 Å². The molecule has 0 spiro atoms. The summed E-state index contributed by atoms with van der Waals surface area (Å²) in [5.74, 6) is 0. The summed E-state index contributed by atoms with van der Waals surface area (Å²) in [5.41, 5.74) is 10.3. The number of hydrogen-bond acceptors (Lipinski definition) is 2. The monoisotopic (exact) mass is 254 g/mol. The molecule has 98 valence electrons. The first kappa shape index (κ1) is 12.0. The van der Waals surface area contributed by atoms with E-state index in [-0.39, 0.29) is 6.04 Å². The average molecular weight is 254 g/mol. The zero-order valence-electron chi connectivity index (χ0n) is 11.2. The van der Waals surface area contributed by atoms with Crippen molar-refractivity contribution in [2.75, 3.05) is 6.54 Å². The summed E-state index contributed by atoms with van der Waals surface area (Å²) in [6.45, 7) is 4.83. The van der Waals surface area contributed by atoms with Crippen LogP contribution >= 0.6 is 0 Å². The second-order valence-corrected chi connectivity index (χ2v) is 4.96. The topological polar surface area (TPSA) is 48.2 Å². The van der Waals surface area contributed by atoms with Crippen molar-refractivity contribution in [1.29, 1.82) is 0 Å². The summed E-state index contributed by atoms with van der Waals surface area (Å²) < 4.78 is 4.24. The van der Waals surface area contributed by atoms with Crippen LogP contribution in [0.1, 0.15) is 18.5 Å². The van der Waals surface area contributed by atoms with Crippen molar-refractivity contribution in [3.05, 3.63) is 48.5 Å². The molecular weight excluding hydrogens is 236 g/mol. The van der Waals surface area contributed by atoms with Gasteiger partial charge >= 0.3 is 0 Å². The van der Waals surface area contributed by atoms with Gasteiger partial charge in [-0.2, -0.15) is 0 Å². The minimum atomic E-state index is 0.271. The molecule has 0 radical (unpaired) electrons. The largest absolute Gasteiger partial charge is 0.333 e. The van der Waals surface area contributed by atoms with Gasteiger partial charge in [-0.1, -0.05) is 6.07 Å². The van der Waals surface area contributed by atoms with Gasteiger partial charge in [0, 0.05) is 30.5 Å². The van der Waals surface area contributed by atoms with Crippen molar-refractivity contribution in [2.45, 2.75) is 19.9 Å². The van der Waals surface area contributed by atoms with E-state index in [1.54, 1.807) is 0 Å². The molecule has 1 unspecified atom stereocenters. The standard InChI is InChI=1S/C15H18N4/c1-11-7-13-5-3-4-6-19(13)15(11)14-9-18(10-17-14)12(2)8-16/h3-7,9-10,12H,8,16H2,1-2H3. The van der Waals surface area contributed by atoms with E-state index >= 15 is 0 Å². The van der Waals surface area contributed by atoms with Gasteiger partial charge in [0.25, 0.3) is 0 Å². The summed E-state index contributed by atoms with van der Waals surface area (Å²) in [6.07, 6.45) is 6.00. The molecule has 0 saturated heterocycles. The molecule has 3 aromatic rings. The average Bonchev–Trinajstić information content (AvgIpc) is 3.00. The normalized spacial score (nSPS) is 13.0. The van der Waals surface area contributed by atoms with Gasteiger partial charge in [-0.05, 0) is 37.6 Å². The van der Waals surface area contributed by atoms with Crippen molar-refractivity contribution in [3.63, 3.8) is 0 Å². The first-order valence-electron chi connectivity index (χ1n) is 6.51. The van der Waals surface area contributed by atoms with Crippen LogP contribution in [-0.2, 0) is 0 Å². The number of rotatable bonds is 3. The van der Waals surface area contributed by atoms with Crippen LogP contribution < -0.4 is 5.73 Å². The SMILES string of the molecule is Cc1cc2ccccn2c1-c1cn(C(C)CN)cn1. The Bertz CT molecular complexity index is 708. The molecule has 0 bridgehead atoms. The van der Waals surface area contributed by atoms with Crippen LogP contribution in [0.15, 0.2) is 43.0 Å². The summed E-state index contributed by atoms with van der Waals surface area (Å²) in [7, 11) is 0. The molecule has 0 aromatic carbocycles. The van der Waals surface area contributed by atoms with Gasteiger partial charge in [0.1, 0.15) is 5.69 Å². The fourth-order valence-corrected chi connectivity index (χ4v) is 2.40. The lowest BCUT2D eigenvalue weighted by Gasteiger charge is -2.08. The van der Waals surface area contributed by atoms with Gasteiger partial charge < -0.3 is 14.7 Å². The highest BCUT2D eigenvalue weighted by atomic mass is 15.1. The molecule has 0 aliphatic rings. The lowest BCUT2D eigenvalue weighted by molar-refractivity contribution is 0.558. The van der Waals surface area contributed by atoms with Crippen molar-refractivity contribution in [2.24, 2.45) is 5.73 Å². The minimum absolute atomic E-state index is 0.271. The molecular formula is C15H18N4. The van der Waals surface area contributed by atoms with Crippen molar-refractivity contribution < 1.29 is 0 Å². The highest BCUT2D eigenvalue weighted by molar-refractivity contribution is 5.68. The minimum Gasteiger partial charge on any atom is -0.333 e. The third-order valence-corrected chi connectivity index (χ3v) is 3.56. The molecule has 3 rings (SSSR count). The summed E-state index contributed by atoms with van der Waals surface area (Å²) in [5, 5.41) is 0. The molecule has 4 heteroatoms. The lowest BCUT2D eigenvalue weighted by atomic mass is 10.2. The maximum atomic E-state index is 5.70. The Morgan fingerprint density at radius 3 is 3.00 bits per heavy atom. The highest BCUT2D eigenvalue weighted by Gasteiger charge is 2.12. The van der Waals surface area contributed by atoms with E-state index in [9.17, 15) is 0 Å². The summed E-state index contributed by atoms with van der Waals surface area (Å²) in [6, 6.07) is 8.65. The number of imidazole rings is 1. The Labute approximate surface area is 112 Å². The van der Waals surface area contributed by atoms with Crippen molar-refractivity contribution >= 4 is 5.52 Å². The number of nitrogens with zero attached hydrogens (tertiary/aromatic N) is 3. The molecule has 0 aliphatic carbocycles. The lowest BCUT2D eigenvalue weighted by Crippen LogP contribution is -2.14. The van der Waals surface area contributed by atoms with E-state index < -0.39 is 0 Å². The Morgan fingerprint density at radius 2 is 2.21 bits per heavy atom. The second-order valence-electron chi connectivity index (χ2n) is 4.96. The van der Waals surface area contributed by atoms with E-state index in [1.165, 1.54) is 11.1 Å². The van der Waals surface area contributed by atoms with Crippen molar-refractivity contribution in [3.8, 4) is 11.4 Å². The molecule has 19 heavy (non-hydrogen) atoms. The molecule has 3 aromatic heterocycles. The number of hydrogen-bond donors (Lipinski definition) is 1. The molecule has 4 nitrogen and oxygen atoms in total. The predicted octanol–water partition coefficient (Wildman–Crippen LogP) is 2.63.